The van der Waals surface area contributed by atoms with Crippen LogP contribution in [0.4, 0.5) is 0 Å². The third kappa shape index (κ3) is 2.62. The molecule has 0 N–H and O–H groups in total. The van der Waals surface area contributed by atoms with Gasteiger partial charge in [-0.15, -0.1) is 11.3 Å². The van der Waals surface area contributed by atoms with E-state index in [1.165, 1.54) is 17.5 Å². The number of oxazole rings is 1. The number of carbonyl (C=O) groups is 1. The highest BCUT2D eigenvalue weighted by atomic mass is 32.1. The summed E-state index contributed by atoms with van der Waals surface area (Å²) in [6.45, 7) is 0.0477. The second kappa shape index (κ2) is 5.30. The monoisotopic (exact) mass is 289 g/mol. The van der Waals surface area contributed by atoms with Gasteiger partial charge in [-0.2, -0.15) is 5.10 Å². The second-order valence-corrected chi connectivity index (χ2v) is 5.04. The quantitative estimate of drug-likeness (QED) is 0.690. The van der Waals surface area contributed by atoms with Gasteiger partial charge in [-0.25, -0.2) is 9.78 Å². The van der Waals surface area contributed by atoms with Gasteiger partial charge in [-0.1, -0.05) is 6.07 Å². The third-order valence-corrected chi connectivity index (χ3v) is 3.43. The molecule has 3 rings (SSSR count). The van der Waals surface area contributed by atoms with E-state index in [4.69, 9.17) is 9.15 Å². The van der Waals surface area contributed by atoms with E-state index in [1.807, 2.05) is 17.5 Å². The summed E-state index contributed by atoms with van der Waals surface area (Å²) in [5.41, 5.74) is 0.408. The van der Waals surface area contributed by atoms with Crippen molar-refractivity contribution in [3.8, 4) is 10.8 Å². The van der Waals surface area contributed by atoms with E-state index in [9.17, 15) is 4.79 Å². The zero-order valence-electron chi connectivity index (χ0n) is 10.6. The van der Waals surface area contributed by atoms with Crippen LogP contribution in [0.1, 0.15) is 16.1 Å². The molecule has 3 heterocycles. The van der Waals surface area contributed by atoms with Crippen LogP contribution in [0.25, 0.3) is 10.8 Å². The van der Waals surface area contributed by atoms with Crippen molar-refractivity contribution >= 4 is 17.3 Å². The lowest BCUT2D eigenvalue weighted by Crippen LogP contribution is -2.03. The normalized spacial score (nSPS) is 10.7. The Morgan fingerprint density at radius 2 is 2.40 bits per heavy atom. The number of hydrogen-bond acceptors (Lipinski definition) is 6. The van der Waals surface area contributed by atoms with E-state index < -0.39 is 5.97 Å². The lowest BCUT2D eigenvalue weighted by molar-refractivity contribution is 0.0446. The number of carbonyl (C=O) groups excluding carboxylic acids is 1. The molecule has 0 atom stereocenters. The van der Waals surface area contributed by atoms with E-state index in [0.717, 1.165) is 4.88 Å². The van der Waals surface area contributed by atoms with E-state index >= 15 is 0 Å². The highest BCUT2D eigenvalue weighted by Gasteiger charge is 2.12. The molecule has 0 spiro atoms. The predicted molar refractivity (Wildman–Crippen MR) is 72.1 cm³/mol. The van der Waals surface area contributed by atoms with Gasteiger partial charge in [-0.05, 0) is 11.4 Å². The first-order valence-corrected chi connectivity index (χ1v) is 6.74. The number of aromatic nitrogens is 3. The summed E-state index contributed by atoms with van der Waals surface area (Å²) in [6, 6.07) is 3.84. The molecule has 0 aromatic carbocycles. The van der Waals surface area contributed by atoms with Crippen LogP contribution >= 0.6 is 11.3 Å². The Bertz CT molecular complexity index is 715. The third-order valence-electron chi connectivity index (χ3n) is 2.57. The minimum Gasteiger partial charge on any atom is -0.454 e. The largest absolute Gasteiger partial charge is 0.454 e. The average molecular weight is 289 g/mol. The smallest absolute Gasteiger partial charge is 0.341 e. The summed E-state index contributed by atoms with van der Waals surface area (Å²) in [5.74, 6) is 0.602. The van der Waals surface area contributed by atoms with Crippen LogP contribution in [0.5, 0.6) is 0 Å². The summed E-state index contributed by atoms with van der Waals surface area (Å²) in [6.07, 6.45) is 4.62. The maximum absolute atomic E-state index is 11.7. The molecule has 20 heavy (non-hydrogen) atoms. The molecule has 102 valence electrons. The summed E-state index contributed by atoms with van der Waals surface area (Å²) >= 11 is 1.54. The molecule has 0 aliphatic carbocycles. The first kappa shape index (κ1) is 12.6. The number of rotatable bonds is 4. The molecule has 0 saturated carbocycles. The number of esters is 1. The molecule has 0 bridgehead atoms. The Morgan fingerprint density at radius 3 is 3.10 bits per heavy atom. The van der Waals surface area contributed by atoms with Crippen molar-refractivity contribution < 1.29 is 13.9 Å². The van der Waals surface area contributed by atoms with Crippen LogP contribution in [-0.4, -0.2) is 20.7 Å². The van der Waals surface area contributed by atoms with Gasteiger partial charge in [0.25, 0.3) is 0 Å². The fourth-order valence-electron chi connectivity index (χ4n) is 1.64. The van der Waals surface area contributed by atoms with Crippen LogP contribution in [0, 0.1) is 0 Å². The molecule has 3 aromatic rings. The van der Waals surface area contributed by atoms with Gasteiger partial charge in [0.05, 0.1) is 22.8 Å². The predicted octanol–water partition coefficient (Wildman–Crippen LogP) is 2.49. The first-order valence-electron chi connectivity index (χ1n) is 5.87. The second-order valence-electron chi connectivity index (χ2n) is 4.09. The lowest BCUT2D eigenvalue weighted by Gasteiger charge is -1.99. The van der Waals surface area contributed by atoms with Crippen molar-refractivity contribution in [3.05, 3.63) is 47.4 Å². The fraction of sp³-hybridized carbons (Fsp3) is 0.154. The summed E-state index contributed by atoms with van der Waals surface area (Å²) in [5, 5.41) is 5.86. The molecule has 0 aliphatic rings. The van der Waals surface area contributed by atoms with E-state index in [0.29, 0.717) is 17.2 Å². The number of nitrogens with zero attached hydrogens (tertiary/aromatic N) is 3. The van der Waals surface area contributed by atoms with Crippen LogP contribution in [0.2, 0.25) is 0 Å². The van der Waals surface area contributed by atoms with Gasteiger partial charge < -0.3 is 9.15 Å². The Morgan fingerprint density at radius 1 is 1.50 bits per heavy atom. The highest BCUT2D eigenvalue weighted by molar-refractivity contribution is 7.13. The van der Waals surface area contributed by atoms with Crippen LogP contribution in [0.3, 0.4) is 0 Å². The zero-order chi connectivity index (χ0) is 13.9. The maximum Gasteiger partial charge on any atom is 0.341 e. The van der Waals surface area contributed by atoms with Crippen molar-refractivity contribution in [2.75, 3.05) is 0 Å². The van der Waals surface area contributed by atoms with Gasteiger partial charge in [0.1, 0.15) is 0 Å². The van der Waals surface area contributed by atoms with Crippen LogP contribution in [0.15, 0.2) is 40.5 Å². The lowest BCUT2D eigenvalue weighted by atomic mass is 10.4. The molecule has 3 aromatic heterocycles. The van der Waals surface area contributed by atoms with E-state index in [1.54, 1.807) is 24.1 Å². The molecule has 7 heteroatoms. The summed E-state index contributed by atoms with van der Waals surface area (Å²) < 4.78 is 12.2. The zero-order valence-corrected chi connectivity index (χ0v) is 11.5. The van der Waals surface area contributed by atoms with Crippen molar-refractivity contribution in [3.63, 3.8) is 0 Å². The Balaban J connectivity index is 1.63. The average Bonchev–Trinajstić information content (AvgIpc) is 3.16. The van der Waals surface area contributed by atoms with Gasteiger partial charge in [-0.3, -0.25) is 4.68 Å². The number of ether oxygens (including phenoxy) is 1. The first-order chi connectivity index (χ1) is 9.72. The molecule has 0 amide bonds. The molecular weight excluding hydrogens is 278 g/mol. The molecule has 6 nitrogen and oxygen atoms in total. The van der Waals surface area contributed by atoms with E-state index in [2.05, 4.69) is 10.1 Å². The van der Waals surface area contributed by atoms with Gasteiger partial charge in [0.15, 0.2) is 12.4 Å². The molecule has 0 fully saturated rings. The molecule has 0 aliphatic heterocycles. The molecular formula is C13H11N3O3S. The van der Waals surface area contributed by atoms with Crippen molar-refractivity contribution in [1.82, 2.24) is 14.8 Å². The van der Waals surface area contributed by atoms with E-state index in [-0.39, 0.29) is 6.61 Å². The topological polar surface area (TPSA) is 70.2 Å². The number of aryl methyl sites for hydroxylation is 1. The minimum absolute atomic E-state index is 0.0477. The minimum atomic E-state index is -0.438. The molecule has 0 saturated heterocycles. The highest BCUT2D eigenvalue weighted by Crippen LogP contribution is 2.24. The SMILES string of the molecule is Cn1cc(C(=O)OCc2cnc(-c3cccs3)o2)cn1. The molecule has 0 radical (unpaired) electrons. The van der Waals surface area contributed by atoms with Crippen molar-refractivity contribution in [2.24, 2.45) is 7.05 Å². The Hall–Kier alpha value is -2.41. The summed E-state index contributed by atoms with van der Waals surface area (Å²) in [7, 11) is 1.74. The van der Waals surface area contributed by atoms with Crippen molar-refractivity contribution in [1.29, 1.82) is 0 Å². The van der Waals surface area contributed by atoms with Crippen LogP contribution in [-0.2, 0) is 18.4 Å². The maximum atomic E-state index is 11.7. The number of thiophene rings is 1. The summed E-state index contributed by atoms with van der Waals surface area (Å²) in [4.78, 5) is 16.8. The van der Waals surface area contributed by atoms with Crippen LogP contribution < -0.4 is 0 Å². The van der Waals surface area contributed by atoms with Gasteiger partial charge in [0.2, 0.25) is 5.89 Å². The number of hydrogen-bond donors (Lipinski definition) is 0. The fourth-order valence-corrected chi connectivity index (χ4v) is 2.29. The molecule has 0 unspecified atom stereocenters. The Kier molecular flexibility index (Phi) is 3.34. The standard InChI is InChI=1S/C13H11N3O3S/c1-16-7-9(5-15-16)13(17)18-8-10-6-14-12(19-10)11-3-2-4-20-11/h2-7H,8H2,1H3. The van der Waals surface area contributed by atoms with Crippen molar-refractivity contribution in [2.45, 2.75) is 6.61 Å². The Labute approximate surface area is 118 Å². The van der Waals surface area contributed by atoms with Gasteiger partial charge in [0, 0.05) is 13.2 Å². The van der Waals surface area contributed by atoms with Gasteiger partial charge >= 0.3 is 5.97 Å².